The van der Waals surface area contributed by atoms with Gasteiger partial charge in [0.1, 0.15) is 12.4 Å². The van der Waals surface area contributed by atoms with Gasteiger partial charge >= 0.3 is 12.0 Å². The number of carbonyl (C=O) groups excluding carboxylic acids is 2. The molecule has 0 aromatic heterocycles. The van der Waals surface area contributed by atoms with Gasteiger partial charge in [-0.3, -0.25) is 4.90 Å². The van der Waals surface area contributed by atoms with Gasteiger partial charge in [0, 0.05) is 18.4 Å². The van der Waals surface area contributed by atoms with Crippen molar-refractivity contribution in [2.75, 3.05) is 20.3 Å². The molecule has 0 saturated heterocycles. The van der Waals surface area contributed by atoms with Crippen LogP contribution in [-0.4, -0.2) is 37.2 Å². The van der Waals surface area contributed by atoms with Crippen LogP contribution in [0.25, 0.3) is 0 Å². The quantitative estimate of drug-likeness (QED) is 0.572. The number of esters is 1. The first-order valence-corrected chi connectivity index (χ1v) is 9.26. The highest BCUT2D eigenvalue weighted by Gasteiger charge is 2.37. The van der Waals surface area contributed by atoms with E-state index in [4.69, 9.17) is 9.47 Å². The van der Waals surface area contributed by atoms with E-state index >= 15 is 0 Å². The maximum Gasteiger partial charge on any atom is 0.338 e. The summed E-state index contributed by atoms with van der Waals surface area (Å²) in [6.07, 6.45) is 0. The number of halogens is 1. The molecule has 0 spiro atoms. The van der Waals surface area contributed by atoms with Crippen LogP contribution >= 0.6 is 0 Å². The third-order valence-electron chi connectivity index (χ3n) is 4.74. The molecular formula is C22H23FN2O4. The minimum Gasteiger partial charge on any atom is -0.460 e. The normalized spacial score (nSPS) is 16.6. The van der Waals surface area contributed by atoms with Gasteiger partial charge in [-0.1, -0.05) is 48.5 Å². The maximum absolute atomic E-state index is 14.5. The van der Waals surface area contributed by atoms with Gasteiger partial charge in [-0.2, -0.15) is 0 Å². The van der Waals surface area contributed by atoms with Gasteiger partial charge in [-0.25, -0.2) is 14.0 Å². The molecule has 6 nitrogen and oxygen atoms in total. The van der Waals surface area contributed by atoms with Crippen LogP contribution in [0.1, 0.15) is 24.1 Å². The number of allylic oxidation sites excluding steroid dienone is 1. The van der Waals surface area contributed by atoms with E-state index in [0.717, 1.165) is 5.56 Å². The highest BCUT2D eigenvalue weighted by molar-refractivity contribution is 5.95. The van der Waals surface area contributed by atoms with E-state index in [1.54, 1.807) is 25.1 Å². The Morgan fingerprint density at radius 1 is 1.10 bits per heavy atom. The predicted molar refractivity (Wildman–Crippen MR) is 105 cm³/mol. The lowest BCUT2D eigenvalue weighted by molar-refractivity contribution is -0.140. The third-order valence-corrected chi connectivity index (χ3v) is 4.74. The molecule has 0 aliphatic carbocycles. The predicted octanol–water partition coefficient (Wildman–Crippen LogP) is 3.56. The fourth-order valence-corrected chi connectivity index (χ4v) is 3.24. The van der Waals surface area contributed by atoms with Crippen LogP contribution in [0, 0.1) is 5.82 Å². The van der Waals surface area contributed by atoms with Crippen LogP contribution in [-0.2, 0) is 20.8 Å². The Labute approximate surface area is 168 Å². The molecule has 152 valence electrons. The van der Waals surface area contributed by atoms with E-state index in [-0.39, 0.29) is 30.9 Å². The summed E-state index contributed by atoms with van der Waals surface area (Å²) in [4.78, 5) is 27.1. The van der Waals surface area contributed by atoms with Gasteiger partial charge in [-0.15, -0.1) is 0 Å². The Morgan fingerprint density at radius 2 is 1.79 bits per heavy atom. The number of nitrogens with zero attached hydrogens (tertiary/aromatic N) is 1. The smallest absolute Gasteiger partial charge is 0.338 e. The van der Waals surface area contributed by atoms with Crippen molar-refractivity contribution in [1.82, 2.24) is 10.2 Å². The van der Waals surface area contributed by atoms with Crippen molar-refractivity contribution in [3.05, 3.63) is 82.8 Å². The van der Waals surface area contributed by atoms with E-state index < -0.39 is 23.9 Å². The van der Waals surface area contributed by atoms with Crippen molar-refractivity contribution in [2.45, 2.75) is 19.5 Å². The van der Waals surface area contributed by atoms with Gasteiger partial charge in [0.05, 0.1) is 24.8 Å². The zero-order valence-electron chi connectivity index (χ0n) is 16.4. The van der Waals surface area contributed by atoms with Crippen molar-refractivity contribution in [3.63, 3.8) is 0 Å². The molecule has 7 heteroatoms. The number of benzene rings is 2. The molecule has 0 saturated carbocycles. The molecule has 3 rings (SSSR count). The van der Waals surface area contributed by atoms with Crippen LogP contribution in [0.3, 0.4) is 0 Å². The number of ether oxygens (including phenoxy) is 2. The SMILES string of the molecule is COCCOC(=O)C1=C(C)N(Cc2ccccc2)C(=O)N[C@H]1c1ccccc1F. The number of hydrogen-bond acceptors (Lipinski definition) is 4. The summed E-state index contributed by atoms with van der Waals surface area (Å²) in [5.41, 5.74) is 1.73. The van der Waals surface area contributed by atoms with Crippen molar-refractivity contribution >= 4 is 12.0 Å². The number of methoxy groups -OCH3 is 1. The highest BCUT2D eigenvalue weighted by Crippen LogP contribution is 2.33. The molecule has 29 heavy (non-hydrogen) atoms. The molecule has 1 aliphatic rings. The number of nitrogens with one attached hydrogen (secondary N) is 1. The zero-order valence-corrected chi connectivity index (χ0v) is 16.4. The monoisotopic (exact) mass is 398 g/mol. The summed E-state index contributed by atoms with van der Waals surface area (Å²) in [5.74, 6) is -1.13. The van der Waals surface area contributed by atoms with E-state index in [1.807, 2.05) is 30.3 Å². The lowest BCUT2D eigenvalue weighted by Crippen LogP contribution is -2.47. The number of rotatable bonds is 7. The third kappa shape index (κ3) is 4.63. The van der Waals surface area contributed by atoms with Gasteiger partial charge in [0.15, 0.2) is 0 Å². The average Bonchev–Trinajstić information content (AvgIpc) is 2.72. The Kier molecular flexibility index (Phi) is 6.61. The Hall–Kier alpha value is -3.19. The standard InChI is InChI=1S/C22H23FN2O4/c1-15-19(21(26)29-13-12-28-2)20(17-10-6-7-11-18(17)23)24-22(27)25(15)14-16-8-4-3-5-9-16/h3-11,20H,12-14H2,1-2H3,(H,24,27)/t20-/m0/s1. The van der Waals surface area contributed by atoms with Crippen molar-refractivity contribution in [2.24, 2.45) is 0 Å². The van der Waals surface area contributed by atoms with Gasteiger partial charge in [0.25, 0.3) is 0 Å². The zero-order chi connectivity index (χ0) is 20.8. The largest absolute Gasteiger partial charge is 0.460 e. The molecule has 1 N–H and O–H groups in total. The molecule has 0 unspecified atom stereocenters. The lowest BCUT2D eigenvalue weighted by Gasteiger charge is -2.35. The lowest BCUT2D eigenvalue weighted by atomic mass is 9.94. The van der Waals surface area contributed by atoms with E-state index in [2.05, 4.69) is 5.32 Å². The Morgan fingerprint density at radius 3 is 2.48 bits per heavy atom. The maximum atomic E-state index is 14.5. The molecule has 0 radical (unpaired) electrons. The van der Waals surface area contributed by atoms with Gasteiger partial charge in [0.2, 0.25) is 0 Å². The summed E-state index contributed by atoms with van der Waals surface area (Å²) in [5, 5.41) is 2.75. The summed E-state index contributed by atoms with van der Waals surface area (Å²) in [7, 11) is 1.50. The van der Waals surface area contributed by atoms with Crippen molar-refractivity contribution < 1.29 is 23.5 Å². The summed E-state index contributed by atoms with van der Waals surface area (Å²) >= 11 is 0. The second kappa shape index (κ2) is 9.34. The molecular weight excluding hydrogens is 375 g/mol. The second-order valence-corrected chi connectivity index (χ2v) is 6.60. The molecule has 2 amide bonds. The topological polar surface area (TPSA) is 67.9 Å². The molecule has 2 aromatic carbocycles. The summed E-state index contributed by atoms with van der Waals surface area (Å²) in [6, 6.07) is 14.1. The molecule has 1 aliphatic heterocycles. The minimum absolute atomic E-state index is 0.0583. The second-order valence-electron chi connectivity index (χ2n) is 6.60. The van der Waals surface area contributed by atoms with Crippen LogP contribution in [0.5, 0.6) is 0 Å². The Balaban J connectivity index is 2.00. The number of urea groups is 1. The van der Waals surface area contributed by atoms with E-state index in [0.29, 0.717) is 5.70 Å². The molecule has 1 atom stereocenters. The van der Waals surface area contributed by atoms with Crippen LogP contribution in [0.2, 0.25) is 0 Å². The summed E-state index contributed by atoms with van der Waals surface area (Å²) < 4.78 is 24.7. The number of amides is 2. The van der Waals surface area contributed by atoms with Crippen molar-refractivity contribution in [3.8, 4) is 0 Å². The fraction of sp³-hybridized carbons (Fsp3) is 0.273. The molecule has 0 bridgehead atoms. The first-order chi connectivity index (χ1) is 14.0. The summed E-state index contributed by atoms with van der Waals surface area (Å²) in [6.45, 7) is 2.24. The molecule has 2 aromatic rings. The highest BCUT2D eigenvalue weighted by atomic mass is 19.1. The number of hydrogen-bond donors (Lipinski definition) is 1. The molecule has 1 heterocycles. The van der Waals surface area contributed by atoms with Crippen molar-refractivity contribution in [1.29, 1.82) is 0 Å². The first-order valence-electron chi connectivity index (χ1n) is 9.26. The van der Waals surface area contributed by atoms with Crippen LogP contribution in [0.15, 0.2) is 65.9 Å². The van der Waals surface area contributed by atoms with Crippen LogP contribution < -0.4 is 5.32 Å². The van der Waals surface area contributed by atoms with E-state index in [1.165, 1.54) is 18.1 Å². The van der Waals surface area contributed by atoms with E-state index in [9.17, 15) is 14.0 Å². The Bertz CT molecular complexity index is 914. The van der Waals surface area contributed by atoms with Gasteiger partial charge in [-0.05, 0) is 18.6 Å². The fourth-order valence-electron chi connectivity index (χ4n) is 3.24. The average molecular weight is 398 g/mol. The van der Waals surface area contributed by atoms with Crippen LogP contribution in [0.4, 0.5) is 9.18 Å². The minimum atomic E-state index is -0.939. The van der Waals surface area contributed by atoms with Gasteiger partial charge < -0.3 is 14.8 Å². The molecule has 0 fully saturated rings. The first kappa shape index (κ1) is 20.5. The number of carbonyl (C=O) groups is 2.